The van der Waals surface area contributed by atoms with Gasteiger partial charge in [0.1, 0.15) is 0 Å². The predicted molar refractivity (Wildman–Crippen MR) is 59.2 cm³/mol. The van der Waals surface area contributed by atoms with E-state index in [9.17, 15) is 18.0 Å². The smallest absolute Gasteiger partial charge is 0.293 e. The molecule has 0 aliphatic carbocycles. The third-order valence-corrected chi connectivity index (χ3v) is 3.41. The fourth-order valence-corrected chi connectivity index (χ4v) is 2.00. The van der Waals surface area contributed by atoms with Crippen molar-refractivity contribution in [3.8, 4) is 0 Å². The Labute approximate surface area is 108 Å². The Morgan fingerprint density at radius 1 is 1.38 bits per heavy atom. The van der Waals surface area contributed by atoms with Crippen LogP contribution in [0.2, 0.25) is 5.02 Å². The molecule has 0 saturated heterocycles. The van der Waals surface area contributed by atoms with Crippen molar-refractivity contribution in [1.29, 1.82) is 0 Å². The lowest BCUT2D eigenvalue weighted by Crippen LogP contribution is -2.15. The third-order valence-electron chi connectivity index (χ3n) is 1.80. The molecule has 0 spiro atoms. The summed E-state index contributed by atoms with van der Waals surface area (Å²) in [6, 6.07) is 2.22. The van der Waals surface area contributed by atoms with Crippen LogP contribution in [0.25, 0.3) is 0 Å². The highest BCUT2D eigenvalue weighted by Crippen LogP contribution is 2.40. The lowest BCUT2D eigenvalue weighted by molar-refractivity contribution is -0.138. The van der Waals surface area contributed by atoms with E-state index in [0.717, 1.165) is 6.07 Å². The molecule has 1 aromatic carbocycles. The van der Waals surface area contributed by atoms with Gasteiger partial charge in [0.05, 0.1) is 16.5 Å². The Kier molecular flexibility index (Phi) is 4.26. The van der Waals surface area contributed by atoms with Gasteiger partial charge in [-0.15, -0.1) is 11.6 Å². The van der Waals surface area contributed by atoms with Crippen molar-refractivity contribution >= 4 is 44.9 Å². The lowest BCUT2D eigenvalue weighted by Gasteiger charge is -2.14. The summed E-state index contributed by atoms with van der Waals surface area (Å²) in [5.41, 5.74) is -1.58. The van der Waals surface area contributed by atoms with Crippen molar-refractivity contribution in [2.24, 2.45) is 0 Å². The first-order valence-corrected chi connectivity index (χ1v) is 5.64. The predicted octanol–water partition coefficient (Wildman–Crippen LogP) is 4.54. The van der Waals surface area contributed by atoms with Gasteiger partial charge in [0.15, 0.2) is 5.78 Å². The molecule has 0 heterocycles. The summed E-state index contributed by atoms with van der Waals surface area (Å²) in [5.74, 6) is -1.32. The molecule has 0 aliphatic heterocycles. The average molecular weight is 336 g/mol. The lowest BCUT2D eigenvalue weighted by atomic mass is 10.0. The molecule has 1 aromatic rings. The van der Waals surface area contributed by atoms with E-state index in [1.54, 1.807) is 0 Å². The quantitative estimate of drug-likeness (QED) is 0.572. The number of benzene rings is 1. The number of carbonyl (C=O) groups is 1. The van der Waals surface area contributed by atoms with Gasteiger partial charge in [-0.2, -0.15) is 13.2 Å². The fourth-order valence-electron chi connectivity index (χ4n) is 1.13. The number of carbonyl (C=O) groups excluding carboxylic acids is 1. The van der Waals surface area contributed by atoms with Gasteiger partial charge >= 0.3 is 6.18 Å². The first-order valence-electron chi connectivity index (χ1n) is 3.93. The minimum absolute atomic E-state index is 0.113. The Balaban J connectivity index is 3.52. The number of rotatable bonds is 2. The molecule has 88 valence electrons. The Morgan fingerprint density at radius 3 is 2.38 bits per heavy atom. The van der Waals surface area contributed by atoms with Gasteiger partial charge in [-0.25, -0.2) is 0 Å². The molecule has 16 heavy (non-hydrogen) atoms. The van der Waals surface area contributed by atoms with Crippen LogP contribution in [-0.4, -0.2) is 11.7 Å². The van der Waals surface area contributed by atoms with Crippen LogP contribution in [0.15, 0.2) is 16.6 Å². The van der Waals surface area contributed by atoms with Crippen molar-refractivity contribution in [2.45, 2.75) is 6.18 Å². The number of ketones is 1. The van der Waals surface area contributed by atoms with E-state index in [1.165, 1.54) is 6.07 Å². The molecule has 0 aliphatic rings. The summed E-state index contributed by atoms with van der Waals surface area (Å²) in [7, 11) is 0. The van der Waals surface area contributed by atoms with E-state index >= 15 is 0 Å². The van der Waals surface area contributed by atoms with Crippen LogP contribution < -0.4 is 0 Å². The molecule has 0 amide bonds. The summed E-state index contributed by atoms with van der Waals surface area (Å²) in [4.78, 5) is 11.2. The number of halogens is 6. The molecular formula is C9H4BrCl2F3O. The van der Waals surface area contributed by atoms with Gasteiger partial charge in [0.25, 0.3) is 0 Å². The highest BCUT2D eigenvalue weighted by Gasteiger charge is 2.38. The van der Waals surface area contributed by atoms with E-state index in [2.05, 4.69) is 15.9 Å². The minimum Gasteiger partial charge on any atom is -0.293 e. The molecule has 0 atom stereocenters. The standard InChI is InChI=1S/C9H4BrCl2F3O/c10-8-5(12)2-1-4(6(16)3-11)7(8)9(13,14)15/h1-2H,3H2. The SMILES string of the molecule is O=C(CCl)c1ccc(Cl)c(Br)c1C(F)(F)F. The zero-order chi connectivity index (χ0) is 12.5. The topological polar surface area (TPSA) is 17.1 Å². The maximum absolute atomic E-state index is 12.7. The van der Waals surface area contributed by atoms with Gasteiger partial charge in [-0.3, -0.25) is 4.79 Å². The van der Waals surface area contributed by atoms with Crippen molar-refractivity contribution in [3.63, 3.8) is 0 Å². The molecule has 0 radical (unpaired) electrons. The van der Waals surface area contributed by atoms with Crippen LogP contribution in [0.5, 0.6) is 0 Å². The molecule has 1 rings (SSSR count). The maximum Gasteiger partial charge on any atom is 0.418 e. The molecule has 0 aromatic heterocycles. The van der Waals surface area contributed by atoms with Gasteiger partial charge in [0, 0.05) is 10.0 Å². The first-order chi connectivity index (χ1) is 7.29. The summed E-state index contributed by atoms with van der Waals surface area (Å²) in [6.07, 6.45) is -4.67. The van der Waals surface area contributed by atoms with E-state index < -0.39 is 29.0 Å². The second-order valence-electron chi connectivity index (χ2n) is 2.84. The molecular weight excluding hydrogens is 332 g/mol. The fraction of sp³-hybridized carbons (Fsp3) is 0.222. The Morgan fingerprint density at radius 2 is 1.94 bits per heavy atom. The summed E-state index contributed by atoms with van der Waals surface area (Å²) in [6.45, 7) is 0. The summed E-state index contributed by atoms with van der Waals surface area (Å²) >= 11 is 13.5. The van der Waals surface area contributed by atoms with Crippen LogP contribution >= 0.6 is 39.1 Å². The highest BCUT2D eigenvalue weighted by atomic mass is 79.9. The van der Waals surface area contributed by atoms with Crippen molar-refractivity contribution in [2.75, 3.05) is 5.88 Å². The summed E-state index contributed by atoms with van der Waals surface area (Å²) < 4.78 is 37.8. The second kappa shape index (κ2) is 4.94. The van der Waals surface area contributed by atoms with E-state index in [-0.39, 0.29) is 9.50 Å². The van der Waals surface area contributed by atoms with E-state index in [4.69, 9.17) is 23.2 Å². The minimum atomic E-state index is -4.67. The number of alkyl halides is 4. The van der Waals surface area contributed by atoms with Crippen molar-refractivity contribution < 1.29 is 18.0 Å². The monoisotopic (exact) mass is 334 g/mol. The van der Waals surface area contributed by atoms with Gasteiger partial charge in [-0.05, 0) is 28.1 Å². The molecule has 0 N–H and O–H groups in total. The van der Waals surface area contributed by atoms with E-state index in [0.29, 0.717) is 0 Å². The Hall–Kier alpha value is -0.260. The Bertz CT molecular complexity index is 431. The molecule has 0 saturated carbocycles. The average Bonchev–Trinajstić information content (AvgIpc) is 2.18. The largest absolute Gasteiger partial charge is 0.418 e. The van der Waals surface area contributed by atoms with Crippen LogP contribution in [-0.2, 0) is 6.18 Å². The van der Waals surface area contributed by atoms with Crippen LogP contribution in [0.4, 0.5) is 13.2 Å². The van der Waals surface area contributed by atoms with Gasteiger partial charge < -0.3 is 0 Å². The molecule has 0 bridgehead atoms. The normalized spacial score (nSPS) is 11.6. The van der Waals surface area contributed by atoms with Crippen LogP contribution in [0.1, 0.15) is 15.9 Å². The third kappa shape index (κ3) is 2.70. The molecule has 1 nitrogen and oxygen atoms in total. The van der Waals surface area contributed by atoms with Crippen LogP contribution in [0, 0.1) is 0 Å². The highest BCUT2D eigenvalue weighted by molar-refractivity contribution is 9.10. The first kappa shape index (κ1) is 13.8. The zero-order valence-electron chi connectivity index (χ0n) is 7.54. The van der Waals surface area contributed by atoms with Gasteiger partial charge in [-0.1, -0.05) is 11.6 Å². The number of hydrogen-bond acceptors (Lipinski definition) is 1. The maximum atomic E-state index is 12.7. The summed E-state index contributed by atoms with van der Waals surface area (Å²) in [5, 5.41) is -0.113. The number of hydrogen-bond donors (Lipinski definition) is 0. The second-order valence-corrected chi connectivity index (χ2v) is 4.31. The van der Waals surface area contributed by atoms with Crippen molar-refractivity contribution in [1.82, 2.24) is 0 Å². The molecule has 0 unspecified atom stereocenters. The van der Waals surface area contributed by atoms with Crippen molar-refractivity contribution in [3.05, 3.63) is 32.8 Å². The van der Waals surface area contributed by atoms with E-state index in [1.807, 2.05) is 0 Å². The zero-order valence-corrected chi connectivity index (χ0v) is 10.6. The molecule has 7 heteroatoms. The molecule has 0 fully saturated rings. The van der Waals surface area contributed by atoms with Gasteiger partial charge in [0.2, 0.25) is 0 Å². The van der Waals surface area contributed by atoms with Crippen LogP contribution in [0.3, 0.4) is 0 Å². The number of Topliss-reactive ketones (excluding diaryl/α,β-unsaturated/α-hetero) is 1.